The summed E-state index contributed by atoms with van der Waals surface area (Å²) < 4.78 is 1.71. The van der Waals surface area contributed by atoms with Gasteiger partial charge in [0.25, 0.3) is 0 Å². The molecular weight excluding hydrogens is 499 g/mol. The Bertz CT molecular complexity index is 1370. The summed E-state index contributed by atoms with van der Waals surface area (Å²) in [6.07, 6.45) is 5.63. The number of β-amino-alcohol motifs (C(OH)–C–C–N with tert-alkyl or cyclic N) is 1. The molecule has 3 aromatic heterocycles. The number of piperidine rings is 1. The molecule has 0 bridgehead atoms. The Balaban J connectivity index is 1.45. The summed E-state index contributed by atoms with van der Waals surface area (Å²) in [5, 5.41) is 29.7. The van der Waals surface area contributed by atoms with Crippen LogP contribution in [0.5, 0.6) is 0 Å². The van der Waals surface area contributed by atoms with Crippen molar-refractivity contribution in [1.29, 1.82) is 10.5 Å². The molecule has 186 valence electrons. The number of aromatic nitrogens is 4. The number of likely N-dealkylation sites (tertiary alicyclic amines) is 1. The number of rotatable bonds is 6. The third kappa shape index (κ3) is 4.38. The van der Waals surface area contributed by atoms with Crippen molar-refractivity contribution >= 4 is 40.2 Å². The fourth-order valence-corrected chi connectivity index (χ4v) is 6.01. The van der Waals surface area contributed by atoms with E-state index in [4.69, 9.17) is 28.2 Å². The zero-order valence-electron chi connectivity index (χ0n) is 19.9. The highest BCUT2D eigenvalue weighted by Gasteiger charge is 2.37. The average molecular weight is 525 g/mol. The molecule has 0 aromatic carbocycles. The molecule has 0 unspecified atom stereocenters. The second-order valence-electron chi connectivity index (χ2n) is 9.51. The number of pyridine rings is 1. The van der Waals surface area contributed by atoms with E-state index >= 15 is 0 Å². The van der Waals surface area contributed by atoms with Gasteiger partial charge in [0.05, 0.1) is 23.9 Å². The highest BCUT2D eigenvalue weighted by molar-refractivity contribution is 6.34. The molecule has 2 aliphatic rings. The molecule has 0 spiro atoms. The molecule has 1 N–H and O–H groups in total. The van der Waals surface area contributed by atoms with E-state index in [0.717, 1.165) is 45.0 Å². The van der Waals surface area contributed by atoms with E-state index < -0.39 is 6.04 Å². The van der Waals surface area contributed by atoms with Crippen LogP contribution in [0, 0.1) is 34.5 Å². The molecule has 9 nitrogen and oxygen atoms in total. The van der Waals surface area contributed by atoms with Crippen molar-refractivity contribution < 1.29 is 5.11 Å². The molecular formula is C25H26Cl2N8O. The maximum atomic E-state index is 9.94. The summed E-state index contributed by atoms with van der Waals surface area (Å²) in [6.45, 7) is 6.67. The monoisotopic (exact) mass is 524 g/mol. The van der Waals surface area contributed by atoms with Crippen LogP contribution in [0.25, 0.3) is 11.2 Å². The van der Waals surface area contributed by atoms with Crippen molar-refractivity contribution in [2.45, 2.75) is 25.8 Å². The van der Waals surface area contributed by atoms with Crippen molar-refractivity contribution in [3.8, 4) is 12.1 Å². The number of halogens is 2. The van der Waals surface area contributed by atoms with Gasteiger partial charge in [-0.05, 0) is 44.2 Å². The Morgan fingerprint density at radius 1 is 1.14 bits per heavy atom. The maximum Gasteiger partial charge on any atom is 0.164 e. The van der Waals surface area contributed by atoms with Crippen LogP contribution in [0.1, 0.15) is 42.6 Å². The van der Waals surface area contributed by atoms with Crippen LogP contribution >= 0.6 is 23.2 Å². The largest absolute Gasteiger partial charge is 0.395 e. The zero-order valence-corrected chi connectivity index (χ0v) is 21.4. The van der Waals surface area contributed by atoms with Gasteiger partial charge in [0, 0.05) is 37.9 Å². The van der Waals surface area contributed by atoms with Crippen LogP contribution in [-0.4, -0.2) is 68.9 Å². The predicted octanol–water partition coefficient (Wildman–Crippen LogP) is 3.63. The second kappa shape index (κ2) is 10.2. The molecule has 36 heavy (non-hydrogen) atoms. The number of aliphatic hydroxyl groups is 1. The Morgan fingerprint density at radius 3 is 2.64 bits per heavy atom. The molecule has 0 saturated carbocycles. The first kappa shape index (κ1) is 24.7. The minimum absolute atomic E-state index is 0.191. The van der Waals surface area contributed by atoms with E-state index in [2.05, 4.69) is 31.9 Å². The Hall–Kier alpha value is -2.95. The van der Waals surface area contributed by atoms with Gasteiger partial charge in [-0.15, -0.1) is 0 Å². The normalized spacial score (nSPS) is 19.6. The highest BCUT2D eigenvalue weighted by Crippen LogP contribution is 2.36. The van der Waals surface area contributed by atoms with E-state index in [9.17, 15) is 15.6 Å². The molecule has 0 radical (unpaired) electrons. The number of hydrogen-bond donors (Lipinski definition) is 1. The maximum absolute atomic E-state index is 9.94. The molecule has 11 heteroatoms. The number of anilines is 1. The first-order valence-corrected chi connectivity index (χ1v) is 12.8. The van der Waals surface area contributed by atoms with E-state index in [1.54, 1.807) is 23.0 Å². The third-order valence-corrected chi connectivity index (χ3v) is 7.98. The van der Waals surface area contributed by atoms with Crippen molar-refractivity contribution in [2.75, 3.05) is 44.2 Å². The van der Waals surface area contributed by atoms with Gasteiger partial charge in [0.1, 0.15) is 39.9 Å². The molecule has 0 aliphatic carbocycles. The summed E-state index contributed by atoms with van der Waals surface area (Å²) in [6, 6.07) is 5.43. The van der Waals surface area contributed by atoms with Gasteiger partial charge < -0.3 is 19.5 Å². The lowest BCUT2D eigenvalue weighted by molar-refractivity contribution is 0.101. The summed E-state index contributed by atoms with van der Waals surface area (Å²) in [5.41, 5.74) is 1.92. The van der Waals surface area contributed by atoms with Crippen LogP contribution in [0.2, 0.25) is 10.2 Å². The smallest absolute Gasteiger partial charge is 0.164 e. The Morgan fingerprint density at radius 2 is 1.94 bits per heavy atom. The standard InChI is InChI=1S/C25H26Cl2N8O/c1-15(19-10-30-22(27)7-20(19)26)35-21(9-29)18(8-28)24-25(35)32-23(11-31-24)34-13-17(14-34)16-3-2-4-33(12-16)5-6-36/h7,10-11,15-17,36H,2-6,12-14H2,1H3/t15-,16+/m1/s1. The molecule has 2 saturated heterocycles. The number of hydrogen-bond acceptors (Lipinski definition) is 8. The van der Waals surface area contributed by atoms with Crippen LogP contribution in [-0.2, 0) is 0 Å². The van der Waals surface area contributed by atoms with Crippen LogP contribution in [0.3, 0.4) is 0 Å². The van der Waals surface area contributed by atoms with Gasteiger partial charge in [-0.3, -0.25) is 0 Å². The summed E-state index contributed by atoms with van der Waals surface area (Å²) in [5.74, 6) is 1.90. The lowest BCUT2D eigenvalue weighted by Crippen LogP contribution is -2.54. The molecule has 5 rings (SSSR count). The second-order valence-corrected chi connectivity index (χ2v) is 10.3. The van der Waals surface area contributed by atoms with Gasteiger partial charge in [-0.2, -0.15) is 10.5 Å². The molecule has 2 aliphatic heterocycles. The summed E-state index contributed by atoms with van der Waals surface area (Å²) >= 11 is 12.4. The van der Waals surface area contributed by atoms with E-state index in [1.165, 1.54) is 6.42 Å². The van der Waals surface area contributed by atoms with Crippen molar-refractivity contribution in [1.82, 2.24) is 24.4 Å². The highest BCUT2D eigenvalue weighted by atomic mass is 35.5. The number of nitrogens with zero attached hydrogens (tertiary/aromatic N) is 8. The SMILES string of the molecule is C[C@H](c1cnc(Cl)cc1Cl)n1c(C#N)c(C#N)c2ncc(N3CC([C@H]4CCCN(CCO)C4)C3)nc21. The van der Waals surface area contributed by atoms with Crippen LogP contribution in [0.15, 0.2) is 18.5 Å². The predicted molar refractivity (Wildman–Crippen MR) is 137 cm³/mol. The lowest BCUT2D eigenvalue weighted by atomic mass is 9.80. The topological polar surface area (TPSA) is 118 Å². The number of nitriles is 2. The van der Waals surface area contributed by atoms with Crippen LogP contribution in [0.4, 0.5) is 5.82 Å². The van der Waals surface area contributed by atoms with Gasteiger partial charge in [-0.1, -0.05) is 23.2 Å². The minimum atomic E-state index is -0.421. The number of aliphatic hydroxyl groups excluding tert-OH is 1. The van der Waals surface area contributed by atoms with E-state index in [0.29, 0.717) is 33.6 Å². The van der Waals surface area contributed by atoms with Gasteiger partial charge in [0.15, 0.2) is 5.65 Å². The molecule has 2 atom stereocenters. The van der Waals surface area contributed by atoms with Crippen LogP contribution < -0.4 is 4.90 Å². The number of fused-ring (bicyclic) bond motifs is 1. The lowest BCUT2D eigenvalue weighted by Gasteiger charge is -2.47. The zero-order chi connectivity index (χ0) is 25.4. The molecule has 3 aromatic rings. The van der Waals surface area contributed by atoms with Gasteiger partial charge in [-0.25, -0.2) is 15.0 Å². The quantitative estimate of drug-likeness (QED) is 0.485. The molecule has 0 amide bonds. The summed E-state index contributed by atoms with van der Waals surface area (Å²) in [7, 11) is 0. The average Bonchev–Trinajstić information content (AvgIpc) is 3.16. The van der Waals surface area contributed by atoms with Crippen molar-refractivity contribution in [2.24, 2.45) is 11.8 Å². The fraction of sp³-hybridized carbons (Fsp3) is 0.480. The Labute approximate surface area is 219 Å². The molecule has 2 fully saturated rings. The van der Waals surface area contributed by atoms with E-state index in [1.807, 2.05) is 6.92 Å². The Kier molecular flexibility index (Phi) is 7.00. The van der Waals surface area contributed by atoms with Gasteiger partial charge in [0.2, 0.25) is 0 Å². The first-order chi connectivity index (χ1) is 17.4. The third-order valence-electron chi connectivity index (χ3n) is 7.45. The first-order valence-electron chi connectivity index (χ1n) is 12.0. The van der Waals surface area contributed by atoms with Gasteiger partial charge >= 0.3 is 0 Å². The fourth-order valence-electron chi connectivity index (χ4n) is 5.48. The minimum Gasteiger partial charge on any atom is -0.395 e. The molecule has 5 heterocycles. The van der Waals surface area contributed by atoms with E-state index in [-0.39, 0.29) is 23.0 Å². The summed E-state index contributed by atoms with van der Waals surface area (Å²) in [4.78, 5) is 18.1. The van der Waals surface area contributed by atoms with Crippen molar-refractivity contribution in [3.63, 3.8) is 0 Å². The van der Waals surface area contributed by atoms with Crippen molar-refractivity contribution in [3.05, 3.63) is 45.5 Å².